The maximum Gasteiger partial charge on any atom is 0.171 e. The van der Waals surface area contributed by atoms with E-state index in [1.807, 2.05) is 49.4 Å². The van der Waals surface area contributed by atoms with E-state index in [4.69, 9.17) is 9.97 Å². The van der Waals surface area contributed by atoms with E-state index < -0.39 is 0 Å². The molecule has 0 aliphatic rings. The number of hydrogen-bond donors (Lipinski definition) is 0. The molecule has 0 unspecified atom stereocenters. The van der Waals surface area contributed by atoms with Crippen LogP contribution in [0.1, 0.15) is 18.2 Å². The zero-order valence-corrected chi connectivity index (χ0v) is 20.8. The molecule has 3 heteroatoms. The summed E-state index contributed by atoms with van der Waals surface area (Å²) in [6.07, 6.45) is 4.24. The lowest BCUT2D eigenvalue weighted by Crippen LogP contribution is -2.02. The molecule has 0 radical (unpaired) electrons. The lowest BCUT2D eigenvalue weighted by Gasteiger charge is -2.14. The highest BCUT2D eigenvalue weighted by Gasteiger charge is 2.19. The lowest BCUT2D eigenvalue weighted by molar-refractivity contribution is 1.08. The molecule has 0 fully saturated rings. The fourth-order valence-corrected chi connectivity index (χ4v) is 4.85. The number of benzene rings is 3. The number of allylic oxidation sites excluding steroid dienone is 1. The first kappa shape index (κ1) is 22.5. The van der Waals surface area contributed by atoms with Crippen LogP contribution in [0.3, 0.4) is 0 Å². The second-order valence-electron chi connectivity index (χ2n) is 8.92. The van der Waals surface area contributed by atoms with Crippen LogP contribution in [0.4, 0.5) is 0 Å². The molecule has 37 heavy (non-hydrogen) atoms. The zero-order valence-electron chi connectivity index (χ0n) is 20.8. The molecule has 3 nitrogen and oxygen atoms in total. The van der Waals surface area contributed by atoms with E-state index >= 15 is 0 Å². The molecule has 0 saturated heterocycles. The van der Waals surface area contributed by atoms with Crippen LogP contribution in [-0.4, -0.2) is 14.5 Å². The number of nitrogens with zero attached hydrogens (tertiary/aromatic N) is 3. The van der Waals surface area contributed by atoms with Crippen molar-refractivity contribution in [3.05, 3.63) is 133 Å². The fraction of sp³-hybridized carbons (Fsp3) is 0.0588. The van der Waals surface area contributed by atoms with Gasteiger partial charge in [0.25, 0.3) is 0 Å². The Morgan fingerprint density at radius 2 is 1.38 bits per heavy atom. The molecular formula is C34H25N3. The van der Waals surface area contributed by atoms with Crippen molar-refractivity contribution < 1.29 is 0 Å². The summed E-state index contributed by atoms with van der Waals surface area (Å²) in [6, 6.07) is 41.5. The van der Waals surface area contributed by atoms with Crippen molar-refractivity contribution in [2.24, 2.45) is 0 Å². The van der Waals surface area contributed by atoms with Crippen molar-refractivity contribution in [1.29, 1.82) is 0 Å². The van der Waals surface area contributed by atoms with Crippen LogP contribution in [0.25, 0.3) is 56.6 Å². The summed E-state index contributed by atoms with van der Waals surface area (Å²) >= 11 is 0. The normalized spacial score (nSPS) is 11.2. The lowest BCUT2D eigenvalue weighted by atomic mass is 10.1. The van der Waals surface area contributed by atoms with E-state index in [2.05, 4.69) is 96.4 Å². The van der Waals surface area contributed by atoms with Crippen LogP contribution in [0.15, 0.2) is 109 Å². The highest BCUT2D eigenvalue weighted by molar-refractivity contribution is 5.91. The van der Waals surface area contributed by atoms with Crippen LogP contribution in [0.2, 0.25) is 0 Å². The number of rotatable bonds is 5. The Morgan fingerprint density at radius 1 is 0.757 bits per heavy atom. The minimum absolute atomic E-state index is 0.619. The molecule has 2 aromatic heterocycles. The smallest absolute Gasteiger partial charge is 0.171 e. The third-order valence-electron chi connectivity index (χ3n) is 6.61. The zero-order chi connectivity index (χ0) is 25.2. The summed E-state index contributed by atoms with van der Waals surface area (Å²) in [5.41, 5.74) is 9.11. The topological polar surface area (TPSA) is 30.7 Å². The summed E-state index contributed by atoms with van der Waals surface area (Å²) < 4.78 is 2.28. The average molecular weight is 476 g/mol. The summed E-state index contributed by atoms with van der Waals surface area (Å²) in [7, 11) is 0. The van der Waals surface area contributed by atoms with Gasteiger partial charge >= 0.3 is 0 Å². The molecule has 0 aliphatic heterocycles. The van der Waals surface area contributed by atoms with Gasteiger partial charge in [-0.2, -0.15) is 0 Å². The summed E-state index contributed by atoms with van der Waals surface area (Å²) in [6.45, 7) is 4.22. The van der Waals surface area contributed by atoms with E-state index in [0.29, 0.717) is 5.82 Å². The van der Waals surface area contributed by atoms with E-state index in [1.54, 1.807) is 0 Å². The van der Waals surface area contributed by atoms with Gasteiger partial charge in [0.05, 0.1) is 28.2 Å². The van der Waals surface area contributed by atoms with Gasteiger partial charge < -0.3 is 4.57 Å². The van der Waals surface area contributed by atoms with Crippen molar-refractivity contribution in [3.63, 3.8) is 0 Å². The Hall–Kier alpha value is -4.94. The van der Waals surface area contributed by atoms with Gasteiger partial charge in [-0.05, 0) is 49.8 Å². The summed E-state index contributed by atoms with van der Waals surface area (Å²) in [5.74, 6) is 0.619. The Labute approximate surface area is 217 Å². The van der Waals surface area contributed by atoms with E-state index in [0.717, 1.165) is 45.0 Å². The Balaban J connectivity index is 1.64. The molecule has 0 N–H and O–H groups in total. The first-order valence-electron chi connectivity index (χ1n) is 12.4. The summed E-state index contributed by atoms with van der Waals surface area (Å²) in [4.78, 5) is 10.1. The van der Waals surface area contributed by atoms with Crippen molar-refractivity contribution in [3.8, 4) is 39.6 Å². The third kappa shape index (κ3) is 4.09. The minimum Gasteiger partial charge on any atom is -0.308 e. The van der Waals surface area contributed by atoms with Crippen LogP contribution < -0.4 is 0 Å². The van der Waals surface area contributed by atoms with E-state index in [9.17, 15) is 0 Å². The number of para-hydroxylation sites is 1. The Bertz CT molecular complexity index is 1670. The van der Waals surface area contributed by atoms with Gasteiger partial charge in [-0.3, -0.25) is 0 Å². The largest absolute Gasteiger partial charge is 0.308 e. The molecule has 0 bridgehead atoms. The predicted molar refractivity (Wildman–Crippen MR) is 152 cm³/mol. The van der Waals surface area contributed by atoms with E-state index in [1.165, 1.54) is 10.9 Å². The average Bonchev–Trinajstić information content (AvgIpc) is 3.25. The molecule has 4 aromatic carbocycles. The van der Waals surface area contributed by atoms with Crippen LogP contribution in [0.5, 0.6) is 0 Å². The van der Waals surface area contributed by atoms with Crippen molar-refractivity contribution in [2.45, 2.75) is 13.8 Å². The summed E-state index contributed by atoms with van der Waals surface area (Å²) in [5, 5.41) is 1.22. The van der Waals surface area contributed by atoms with Crippen LogP contribution in [-0.2, 0) is 0 Å². The quantitative estimate of drug-likeness (QED) is 0.251. The first-order valence-corrected chi connectivity index (χ1v) is 12.4. The van der Waals surface area contributed by atoms with Gasteiger partial charge in [0, 0.05) is 22.2 Å². The molecule has 2 heterocycles. The van der Waals surface area contributed by atoms with Crippen molar-refractivity contribution in [2.75, 3.05) is 0 Å². The highest BCUT2D eigenvalue weighted by atomic mass is 15.0. The monoisotopic (exact) mass is 475 g/mol. The standard InChI is InChI=1S/C34H25N3/c1-3-14-31-24(2)27-19-10-12-21-32(27)37(31)33-22-13-11-20-28(33)34-35-29(25-15-6-4-7-16-25)23-30(36-34)26-17-8-5-9-18-26/h3-10,12-19,21-23H,1-2H3/b14-3-. The van der Waals surface area contributed by atoms with Gasteiger partial charge in [-0.25, -0.2) is 9.97 Å². The molecule has 0 amide bonds. The van der Waals surface area contributed by atoms with Crippen molar-refractivity contribution in [1.82, 2.24) is 14.5 Å². The van der Waals surface area contributed by atoms with Crippen LogP contribution >= 0.6 is 0 Å². The second-order valence-corrected chi connectivity index (χ2v) is 8.92. The van der Waals surface area contributed by atoms with Gasteiger partial charge in [-0.15, -0.1) is 0 Å². The Morgan fingerprint density at radius 3 is 2.03 bits per heavy atom. The SMILES string of the molecule is C/C=C\c1c(C)c2ccccc2n1-c1ccc#cc1-c1nc(-c2ccccc2)cc(-c2ccccc2)n1. The molecular weight excluding hydrogens is 450 g/mol. The van der Waals surface area contributed by atoms with Gasteiger partial charge in [0.15, 0.2) is 5.82 Å². The maximum atomic E-state index is 5.05. The minimum atomic E-state index is 0.619. The number of hydrogen-bond acceptors (Lipinski definition) is 2. The molecule has 0 saturated carbocycles. The molecule has 6 rings (SSSR count). The number of aromatic nitrogens is 3. The van der Waals surface area contributed by atoms with Gasteiger partial charge in [-0.1, -0.05) is 97.1 Å². The van der Waals surface area contributed by atoms with Gasteiger partial charge in [0.2, 0.25) is 0 Å². The number of fused-ring (bicyclic) bond motifs is 1. The molecule has 176 valence electrons. The van der Waals surface area contributed by atoms with E-state index in [-0.39, 0.29) is 0 Å². The second kappa shape index (κ2) is 9.60. The third-order valence-corrected chi connectivity index (χ3v) is 6.61. The Kier molecular flexibility index (Phi) is 5.84. The molecule has 0 atom stereocenters. The van der Waals surface area contributed by atoms with Crippen LogP contribution in [0, 0.1) is 19.1 Å². The number of aryl methyl sites for hydroxylation is 1. The maximum absolute atomic E-state index is 5.05. The first-order chi connectivity index (χ1) is 18.2. The highest BCUT2D eigenvalue weighted by Crippen LogP contribution is 2.34. The predicted octanol–water partition coefficient (Wildman–Crippen LogP) is 8.36. The molecule has 0 spiro atoms. The fourth-order valence-electron chi connectivity index (χ4n) is 4.85. The van der Waals surface area contributed by atoms with Crippen molar-refractivity contribution >= 4 is 17.0 Å². The molecule has 6 aromatic rings. The van der Waals surface area contributed by atoms with Gasteiger partial charge in [0.1, 0.15) is 0 Å². The molecule has 0 aliphatic carbocycles.